The second-order valence-corrected chi connectivity index (χ2v) is 5.15. The van der Waals surface area contributed by atoms with E-state index in [9.17, 15) is 0 Å². The molecule has 0 fully saturated rings. The van der Waals surface area contributed by atoms with E-state index in [1.165, 1.54) is 22.3 Å². The van der Waals surface area contributed by atoms with Gasteiger partial charge in [-0.1, -0.05) is 54.1 Å². The quantitative estimate of drug-likeness (QED) is 0.790. The van der Waals surface area contributed by atoms with Crippen molar-refractivity contribution in [2.75, 3.05) is 0 Å². The maximum atomic E-state index is 6.60. The van der Waals surface area contributed by atoms with Gasteiger partial charge < -0.3 is 5.73 Å². The number of hydrogen-bond acceptors (Lipinski definition) is 1. The van der Waals surface area contributed by atoms with Crippen molar-refractivity contribution in [2.45, 2.75) is 25.3 Å². The number of fused-ring (bicyclic) bond motifs is 1. The zero-order valence-corrected chi connectivity index (χ0v) is 10.1. The van der Waals surface area contributed by atoms with Crippen molar-refractivity contribution < 1.29 is 0 Å². The lowest BCUT2D eigenvalue weighted by molar-refractivity contribution is 0.473. The summed E-state index contributed by atoms with van der Waals surface area (Å²) in [6, 6.07) is 17.2. The van der Waals surface area contributed by atoms with E-state index in [2.05, 4.69) is 55.5 Å². The molecule has 0 saturated carbocycles. The second-order valence-electron chi connectivity index (χ2n) is 5.15. The number of aryl methyl sites for hydroxylation is 1. The molecule has 0 atom stereocenters. The molecule has 2 aromatic rings. The van der Waals surface area contributed by atoms with Gasteiger partial charge in [-0.25, -0.2) is 0 Å². The molecular formula is C16H17N. The predicted molar refractivity (Wildman–Crippen MR) is 70.9 cm³/mol. The lowest BCUT2D eigenvalue weighted by Crippen LogP contribution is -2.37. The van der Waals surface area contributed by atoms with E-state index in [0.29, 0.717) is 0 Å². The van der Waals surface area contributed by atoms with Gasteiger partial charge >= 0.3 is 0 Å². The fraction of sp³-hybridized carbons (Fsp3) is 0.250. The van der Waals surface area contributed by atoms with Crippen LogP contribution in [0.3, 0.4) is 0 Å². The molecule has 0 unspecified atom stereocenters. The Morgan fingerprint density at radius 3 is 2.18 bits per heavy atom. The molecule has 17 heavy (non-hydrogen) atoms. The molecule has 2 N–H and O–H groups in total. The first-order chi connectivity index (χ1) is 8.17. The molecule has 0 amide bonds. The average Bonchev–Trinajstić information content (AvgIpc) is 2.66. The van der Waals surface area contributed by atoms with Crippen LogP contribution in [0, 0.1) is 6.92 Å². The average molecular weight is 223 g/mol. The first-order valence-electron chi connectivity index (χ1n) is 6.10. The fourth-order valence-electron chi connectivity index (χ4n) is 2.80. The van der Waals surface area contributed by atoms with Crippen molar-refractivity contribution in [1.29, 1.82) is 0 Å². The highest BCUT2D eigenvalue weighted by atomic mass is 14.8. The molecule has 0 saturated heterocycles. The molecule has 0 heterocycles. The van der Waals surface area contributed by atoms with Gasteiger partial charge in [-0.2, -0.15) is 0 Å². The van der Waals surface area contributed by atoms with Crippen LogP contribution in [-0.2, 0) is 18.4 Å². The Hall–Kier alpha value is -1.60. The minimum absolute atomic E-state index is 0.213. The topological polar surface area (TPSA) is 26.0 Å². The molecule has 0 radical (unpaired) electrons. The Morgan fingerprint density at radius 2 is 1.59 bits per heavy atom. The Morgan fingerprint density at radius 1 is 0.941 bits per heavy atom. The maximum Gasteiger partial charge on any atom is 0.0491 e. The molecule has 0 aromatic heterocycles. The van der Waals surface area contributed by atoms with Crippen LogP contribution in [0.5, 0.6) is 0 Å². The molecule has 0 spiro atoms. The largest absolute Gasteiger partial charge is 0.321 e. The summed E-state index contributed by atoms with van der Waals surface area (Å²) >= 11 is 0. The van der Waals surface area contributed by atoms with Gasteiger partial charge in [0.2, 0.25) is 0 Å². The summed E-state index contributed by atoms with van der Waals surface area (Å²) in [6.45, 7) is 2.12. The number of benzene rings is 2. The summed E-state index contributed by atoms with van der Waals surface area (Å²) in [4.78, 5) is 0. The molecule has 86 valence electrons. The van der Waals surface area contributed by atoms with Crippen LogP contribution >= 0.6 is 0 Å². The van der Waals surface area contributed by atoms with Crippen molar-refractivity contribution in [3.63, 3.8) is 0 Å². The molecule has 1 aliphatic carbocycles. The van der Waals surface area contributed by atoms with Gasteiger partial charge in [-0.3, -0.25) is 0 Å². The highest BCUT2D eigenvalue weighted by Gasteiger charge is 2.34. The third kappa shape index (κ3) is 1.77. The summed E-state index contributed by atoms with van der Waals surface area (Å²) in [5.74, 6) is 0. The van der Waals surface area contributed by atoms with E-state index in [-0.39, 0.29) is 5.54 Å². The Kier molecular flexibility index (Phi) is 2.30. The molecular weight excluding hydrogens is 206 g/mol. The first-order valence-corrected chi connectivity index (χ1v) is 6.10. The summed E-state index contributed by atoms with van der Waals surface area (Å²) in [5.41, 5.74) is 11.7. The van der Waals surface area contributed by atoms with Gasteiger partial charge in [0.25, 0.3) is 0 Å². The smallest absolute Gasteiger partial charge is 0.0491 e. The monoisotopic (exact) mass is 223 g/mol. The lowest BCUT2D eigenvalue weighted by atomic mass is 9.87. The van der Waals surface area contributed by atoms with Gasteiger partial charge in [-0.05, 0) is 36.5 Å². The van der Waals surface area contributed by atoms with E-state index >= 15 is 0 Å². The molecule has 1 heteroatoms. The summed E-state index contributed by atoms with van der Waals surface area (Å²) in [7, 11) is 0. The third-order valence-corrected chi connectivity index (χ3v) is 3.72. The lowest BCUT2D eigenvalue weighted by Gasteiger charge is -2.24. The van der Waals surface area contributed by atoms with E-state index in [1.54, 1.807) is 0 Å². The Balaban J connectivity index is 2.01. The van der Waals surface area contributed by atoms with E-state index < -0.39 is 0 Å². The van der Waals surface area contributed by atoms with Crippen LogP contribution in [0.4, 0.5) is 0 Å². The zero-order valence-electron chi connectivity index (χ0n) is 10.1. The molecule has 1 nitrogen and oxygen atoms in total. The van der Waals surface area contributed by atoms with Crippen LogP contribution in [0.15, 0.2) is 48.5 Å². The normalized spacial score (nSPS) is 16.8. The van der Waals surface area contributed by atoms with Crippen molar-refractivity contribution >= 4 is 0 Å². The fourth-order valence-corrected chi connectivity index (χ4v) is 2.80. The highest BCUT2D eigenvalue weighted by Crippen LogP contribution is 2.35. The van der Waals surface area contributed by atoms with Gasteiger partial charge in [0.15, 0.2) is 0 Å². The first kappa shape index (κ1) is 10.5. The maximum absolute atomic E-state index is 6.60. The van der Waals surface area contributed by atoms with Crippen LogP contribution in [0.25, 0.3) is 0 Å². The Bertz CT molecular complexity index is 532. The van der Waals surface area contributed by atoms with Crippen LogP contribution in [-0.4, -0.2) is 0 Å². The van der Waals surface area contributed by atoms with Crippen LogP contribution < -0.4 is 5.73 Å². The number of nitrogens with two attached hydrogens (primary N) is 1. The van der Waals surface area contributed by atoms with Crippen molar-refractivity contribution in [1.82, 2.24) is 0 Å². The van der Waals surface area contributed by atoms with Crippen molar-refractivity contribution in [2.24, 2.45) is 5.73 Å². The predicted octanol–water partition coefficient (Wildman–Crippen LogP) is 2.95. The van der Waals surface area contributed by atoms with Crippen molar-refractivity contribution in [3.8, 4) is 0 Å². The molecule has 0 aliphatic heterocycles. The van der Waals surface area contributed by atoms with Crippen LogP contribution in [0.1, 0.15) is 22.3 Å². The minimum atomic E-state index is -0.213. The van der Waals surface area contributed by atoms with Gasteiger partial charge in [0.05, 0.1) is 0 Å². The molecule has 3 rings (SSSR count). The molecule has 0 bridgehead atoms. The van der Waals surface area contributed by atoms with Gasteiger partial charge in [0, 0.05) is 5.54 Å². The third-order valence-electron chi connectivity index (χ3n) is 3.72. The summed E-state index contributed by atoms with van der Waals surface area (Å²) in [5, 5.41) is 0. The van der Waals surface area contributed by atoms with E-state index in [0.717, 1.165) is 12.8 Å². The second kappa shape index (κ2) is 3.71. The molecule has 1 aliphatic rings. The summed E-state index contributed by atoms with van der Waals surface area (Å²) in [6.07, 6.45) is 1.90. The van der Waals surface area contributed by atoms with E-state index in [1.807, 2.05) is 0 Å². The molecule has 2 aromatic carbocycles. The standard InChI is InChI=1S/C16H17N/c1-12-5-4-8-15(9-12)16(17)10-13-6-2-3-7-14(13)11-16/h2-9H,10-11,17H2,1H3. The SMILES string of the molecule is Cc1cccc(C2(N)Cc3ccccc3C2)c1. The Labute approximate surface area is 102 Å². The minimum Gasteiger partial charge on any atom is -0.321 e. The van der Waals surface area contributed by atoms with Crippen molar-refractivity contribution in [3.05, 3.63) is 70.8 Å². The number of hydrogen-bond donors (Lipinski definition) is 1. The zero-order chi connectivity index (χ0) is 11.9. The van der Waals surface area contributed by atoms with Crippen LogP contribution in [0.2, 0.25) is 0 Å². The van der Waals surface area contributed by atoms with Gasteiger partial charge in [0.1, 0.15) is 0 Å². The number of rotatable bonds is 1. The van der Waals surface area contributed by atoms with E-state index in [4.69, 9.17) is 5.73 Å². The summed E-state index contributed by atoms with van der Waals surface area (Å²) < 4.78 is 0. The van der Waals surface area contributed by atoms with Gasteiger partial charge in [-0.15, -0.1) is 0 Å². The highest BCUT2D eigenvalue weighted by molar-refractivity contribution is 5.41.